The third-order valence-electron chi connectivity index (χ3n) is 5.20. The van der Waals surface area contributed by atoms with Crippen molar-refractivity contribution < 1.29 is 4.52 Å². The van der Waals surface area contributed by atoms with E-state index in [9.17, 15) is 0 Å². The molecule has 3 aromatic heterocycles. The molecule has 4 heterocycles. The molecule has 0 atom stereocenters. The van der Waals surface area contributed by atoms with Gasteiger partial charge in [0.2, 0.25) is 5.82 Å². The van der Waals surface area contributed by atoms with Crippen LogP contribution in [0.2, 0.25) is 0 Å². The van der Waals surface area contributed by atoms with Crippen LogP contribution in [0.1, 0.15) is 16.8 Å². The fraction of sp³-hybridized carbons (Fsp3) is 0.238. The molecule has 1 aromatic carbocycles. The van der Waals surface area contributed by atoms with Crippen molar-refractivity contribution in [1.82, 2.24) is 30.0 Å². The first kappa shape index (κ1) is 16.8. The smallest absolute Gasteiger partial charge is 0.258 e. The Bertz CT molecular complexity index is 1160. The van der Waals surface area contributed by atoms with Crippen molar-refractivity contribution in [2.24, 2.45) is 7.05 Å². The molecule has 7 nitrogen and oxygen atoms in total. The van der Waals surface area contributed by atoms with Gasteiger partial charge >= 0.3 is 0 Å². The molecule has 0 aliphatic carbocycles. The molecule has 5 rings (SSSR count). The summed E-state index contributed by atoms with van der Waals surface area (Å²) < 4.78 is 7.67. The van der Waals surface area contributed by atoms with Gasteiger partial charge in [0.25, 0.3) is 5.89 Å². The van der Waals surface area contributed by atoms with Gasteiger partial charge in [0.05, 0.1) is 5.56 Å². The highest BCUT2D eigenvalue weighted by atomic mass is 16.5. The van der Waals surface area contributed by atoms with Gasteiger partial charge in [0, 0.05) is 49.0 Å². The molecule has 28 heavy (non-hydrogen) atoms. The molecule has 7 heteroatoms. The van der Waals surface area contributed by atoms with Crippen molar-refractivity contribution in [2.75, 3.05) is 6.54 Å². The number of imidazole rings is 1. The minimum Gasteiger partial charge on any atom is -0.334 e. The number of benzene rings is 1. The van der Waals surface area contributed by atoms with Crippen LogP contribution in [0.3, 0.4) is 0 Å². The summed E-state index contributed by atoms with van der Waals surface area (Å²) in [5.74, 6) is 1.93. The van der Waals surface area contributed by atoms with E-state index in [0.29, 0.717) is 11.7 Å². The normalized spacial score (nSPS) is 13.5. The second-order valence-corrected chi connectivity index (χ2v) is 6.98. The van der Waals surface area contributed by atoms with Crippen LogP contribution in [-0.4, -0.2) is 31.2 Å². The van der Waals surface area contributed by atoms with Gasteiger partial charge in [-0.15, -0.1) is 0 Å². The van der Waals surface area contributed by atoms with Crippen LogP contribution in [0.25, 0.3) is 34.2 Å². The van der Waals surface area contributed by atoms with Gasteiger partial charge in [-0.2, -0.15) is 4.98 Å². The third-order valence-corrected chi connectivity index (χ3v) is 5.20. The number of hydrogen-bond acceptors (Lipinski definition) is 6. The highest BCUT2D eigenvalue weighted by molar-refractivity contribution is 5.77. The average Bonchev–Trinajstić information content (AvgIpc) is 3.37. The number of pyridine rings is 1. The van der Waals surface area contributed by atoms with Crippen LogP contribution in [0.5, 0.6) is 0 Å². The lowest BCUT2D eigenvalue weighted by Crippen LogP contribution is -2.24. The Morgan fingerprint density at radius 3 is 2.82 bits per heavy atom. The SMILES string of the molecule is Cc1ncc2c(c1-c1noc(-c3ccccc3-c3nccn3C)n1)CCNC2. The van der Waals surface area contributed by atoms with E-state index in [-0.39, 0.29) is 0 Å². The van der Waals surface area contributed by atoms with E-state index in [1.165, 1.54) is 11.1 Å². The van der Waals surface area contributed by atoms with Crippen LogP contribution < -0.4 is 5.32 Å². The first-order chi connectivity index (χ1) is 13.7. The van der Waals surface area contributed by atoms with Crippen LogP contribution in [0.15, 0.2) is 47.4 Å². The van der Waals surface area contributed by atoms with Crippen LogP contribution >= 0.6 is 0 Å². The first-order valence-corrected chi connectivity index (χ1v) is 9.31. The molecule has 4 aromatic rings. The second-order valence-electron chi connectivity index (χ2n) is 6.98. The van der Waals surface area contributed by atoms with Gasteiger partial charge in [-0.3, -0.25) is 4.98 Å². The van der Waals surface area contributed by atoms with E-state index in [2.05, 4.69) is 20.4 Å². The number of nitrogens with zero attached hydrogens (tertiary/aromatic N) is 5. The number of aromatic nitrogens is 5. The molecule has 1 aliphatic rings. The van der Waals surface area contributed by atoms with Crippen LogP contribution in [0.4, 0.5) is 0 Å². The van der Waals surface area contributed by atoms with Gasteiger partial charge < -0.3 is 14.4 Å². The summed E-state index contributed by atoms with van der Waals surface area (Å²) >= 11 is 0. The molecule has 1 N–H and O–H groups in total. The third kappa shape index (κ3) is 2.71. The molecule has 0 saturated heterocycles. The van der Waals surface area contributed by atoms with Crippen LogP contribution in [0, 0.1) is 6.92 Å². The lowest BCUT2D eigenvalue weighted by Gasteiger charge is -2.19. The van der Waals surface area contributed by atoms with Crippen molar-refractivity contribution in [3.63, 3.8) is 0 Å². The van der Waals surface area contributed by atoms with E-state index in [4.69, 9.17) is 9.51 Å². The number of rotatable bonds is 3. The minimum atomic E-state index is 0.486. The Morgan fingerprint density at radius 2 is 2.00 bits per heavy atom. The van der Waals surface area contributed by atoms with Crippen molar-refractivity contribution in [3.05, 3.63) is 59.7 Å². The predicted octanol–water partition coefficient (Wildman–Crippen LogP) is 3.15. The van der Waals surface area contributed by atoms with Crippen molar-refractivity contribution in [3.8, 4) is 34.2 Å². The summed E-state index contributed by atoms with van der Waals surface area (Å²) in [4.78, 5) is 13.8. The molecule has 0 fully saturated rings. The molecule has 0 saturated carbocycles. The molecule has 0 bridgehead atoms. The molecular weight excluding hydrogens is 352 g/mol. The molecule has 0 radical (unpaired) electrons. The largest absolute Gasteiger partial charge is 0.334 e. The highest BCUT2D eigenvalue weighted by Crippen LogP contribution is 2.33. The topological polar surface area (TPSA) is 81.7 Å². The fourth-order valence-electron chi connectivity index (χ4n) is 3.79. The monoisotopic (exact) mass is 372 g/mol. The van der Waals surface area contributed by atoms with Gasteiger partial charge in [-0.1, -0.05) is 23.4 Å². The zero-order valence-electron chi connectivity index (χ0n) is 15.8. The summed E-state index contributed by atoms with van der Waals surface area (Å²) in [6.45, 7) is 3.76. The Morgan fingerprint density at radius 1 is 1.14 bits per heavy atom. The van der Waals surface area contributed by atoms with Gasteiger partial charge in [0.15, 0.2) is 0 Å². The highest BCUT2D eigenvalue weighted by Gasteiger charge is 2.22. The summed E-state index contributed by atoms with van der Waals surface area (Å²) in [7, 11) is 1.97. The van der Waals surface area contributed by atoms with E-state index in [1.54, 1.807) is 6.20 Å². The predicted molar refractivity (Wildman–Crippen MR) is 105 cm³/mol. The van der Waals surface area contributed by atoms with E-state index < -0.39 is 0 Å². The number of aryl methyl sites for hydroxylation is 2. The summed E-state index contributed by atoms with van der Waals surface area (Å²) in [6.07, 6.45) is 6.58. The molecule has 0 unspecified atom stereocenters. The zero-order valence-corrected chi connectivity index (χ0v) is 15.8. The van der Waals surface area contributed by atoms with Gasteiger partial charge in [-0.05, 0) is 37.1 Å². The maximum absolute atomic E-state index is 5.69. The minimum absolute atomic E-state index is 0.486. The summed E-state index contributed by atoms with van der Waals surface area (Å²) in [5.41, 5.74) is 6.20. The van der Waals surface area contributed by atoms with Gasteiger partial charge in [0.1, 0.15) is 5.82 Å². The number of fused-ring (bicyclic) bond motifs is 1. The number of nitrogens with one attached hydrogen (secondary N) is 1. The standard InChI is InChI=1S/C21H20N6O/c1-13-18(15-7-8-22-11-14(15)12-24-13)19-25-21(28-26-19)17-6-4-3-5-16(17)20-23-9-10-27(20)2/h3-6,9-10,12,22H,7-8,11H2,1-2H3. The summed E-state index contributed by atoms with van der Waals surface area (Å²) in [6, 6.07) is 7.95. The lowest BCUT2D eigenvalue weighted by molar-refractivity contribution is 0.432. The second kappa shape index (κ2) is 6.69. The summed E-state index contributed by atoms with van der Waals surface area (Å²) in [5, 5.41) is 7.69. The maximum atomic E-state index is 5.69. The molecular formula is C21H20N6O. The fourth-order valence-corrected chi connectivity index (χ4v) is 3.79. The maximum Gasteiger partial charge on any atom is 0.258 e. The average molecular weight is 372 g/mol. The van der Waals surface area contributed by atoms with Crippen molar-refractivity contribution in [2.45, 2.75) is 19.9 Å². The number of hydrogen-bond donors (Lipinski definition) is 1. The molecule has 140 valence electrons. The van der Waals surface area contributed by atoms with Crippen molar-refractivity contribution >= 4 is 0 Å². The van der Waals surface area contributed by atoms with E-state index in [1.807, 2.05) is 55.2 Å². The van der Waals surface area contributed by atoms with E-state index in [0.717, 1.165) is 47.7 Å². The Hall–Kier alpha value is -3.32. The van der Waals surface area contributed by atoms with E-state index >= 15 is 0 Å². The van der Waals surface area contributed by atoms with Crippen LogP contribution in [-0.2, 0) is 20.0 Å². The quantitative estimate of drug-likeness (QED) is 0.595. The molecule has 0 spiro atoms. The van der Waals surface area contributed by atoms with Gasteiger partial charge in [-0.25, -0.2) is 4.98 Å². The zero-order chi connectivity index (χ0) is 19.1. The Kier molecular flexibility index (Phi) is 4.02. The Labute approximate surface area is 162 Å². The lowest BCUT2D eigenvalue weighted by atomic mass is 9.95. The molecule has 0 amide bonds. The molecule has 1 aliphatic heterocycles. The van der Waals surface area contributed by atoms with Crippen molar-refractivity contribution in [1.29, 1.82) is 0 Å². The Balaban J connectivity index is 1.62. The first-order valence-electron chi connectivity index (χ1n) is 9.31.